The van der Waals surface area contributed by atoms with E-state index in [0.717, 1.165) is 43.9 Å². The summed E-state index contributed by atoms with van der Waals surface area (Å²) in [6, 6.07) is 8.14. The fourth-order valence-electron chi connectivity index (χ4n) is 4.25. The van der Waals surface area contributed by atoms with Gasteiger partial charge in [-0.05, 0) is 43.5 Å². The van der Waals surface area contributed by atoms with E-state index < -0.39 is 0 Å². The van der Waals surface area contributed by atoms with Gasteiger partial charge in [-0.2, -0.15) is 0 Å². The van der Waals surface area contributed by atoms with E-state index in [-0.39, 0.29) is 12.5 Å². The topological polar surface area (TPSA) is 43.2 Å². The van der Waals surface area contributed by atoms with Gasteiger partial charge in [0.05, 0.1) is 39.3 Å². The second kappa shape index (κ2) is 8.56. The molecule has 0 radical (unpaired) electrons. The van der Waals surface area contributed by atoms with Crippen molar-refractivity contribution in [1.82, 2.24) is 4.90 Å². The number of rotatable bonds is 5. The molecule has 1 saturated carbocycles. The third kappa shape index (κ3) is 4.66. The first kappa shape index (κ1) is 18.1. The number of ether oxygens (including phenoxy) is 2. The highest BCUT2D eigenvalue weighted by molar-refractivity contribution is 5.77. The highest BCUT2D eigenvalue weighted by Gasteiger charge is 2.33. The van der Waals surface area contributed by atoms with Crippen molar-refractivity contribution >= 4 is 5.91 Å². The molecule has 2 fully saturated rings. The molecule has 1 heterocycles. The Balaban J connectivity index is 1.43. The number of nitrogens with zero attached hydrogens (tertiary/aromatic N) is 1. The van der Waals surface area contributed by atoms with E-state index in [2.05, 4.69) is 6.92 Å². The molecule has 1 aliphatic carbocycles. The molecule has 5 heteroatoms. The molecular formula is C20H31N2O3+. The Labute approximate surface area is 150 Å². The van der Waals surface area contributed by atoms with Gasteiger partial charge in [-0.1, -0.05) is 13.3 Å². The number of carbonyl (C=O) groups excluding carboxylic acids is 1. The summed E-state index contributed by atoms with van der Waals surface area (Å²) in [6.45, 7) is 6.36. The minimum atomic E-state index is 0.0894. The van der Waals surface area contributed by atoms with Crippen molar-refractivity contribution in [3.05, 3.63) is 24.3 Å². The Bertz CT molecular complexity index is 553. The average molecular weight is 347 g/mol. The van der Waals surface area contributed by atoms with Crippen LogP contribution in [0, 0.1) is 5.92 Å². The highest BCUT2D eigenvalue weighted by atomic mass is 16.5. The summed E-state index contributed by atoms with van der Waals surface area (Å²) in [7, 11) is 1.63. The van der Waals surface area contributed by atoms with Gasteiger partial charge in [0.1, 0.15) is 11.5 Å². The number of benzene rings is 1. The van der Waals surface area contributed by atoms with Crippen molar-refractivity contribution < 1.29 is 19.2 Å². The number of hydrogen-bond acceptors (Lipinski definition) is 3. The second-order valence-electron chi connectivity index (χ2n) is 7.37. The molecular weight excluding hydrogens is 316 g/mol. The summed E-state index contributed by atoms with van der Waals surface area (Å²) < 4.78 is 10.8. The number of piperazine rings is 1. The summed E-state index contributed by atoms with van der Waals surface area (Å²) in [6.07, 6.45) is 5.48. The van der Waals surface area contributed by atoms with Crippen LogP contribution in [0.1, 0.15) is 32.6 Å². The monoisotopic (exact) mass is 347 g/mol. The van der Waals surface area contributed by atoms with E-state index in [4.69, 9.17) is 9.47 Å². The van der Waals surface area contributed by atoms with Gasteiger partial charge in [0.2, 0.25) is 0 Å². The van der Waals surface area contributed by atoms with Crippen LogP contribution in [-0.4, -0.2) is 56.7 Å². The Morgan fingerprint density at radius 2 is 1.76 bits per heavy atom. The van der Waals surface area contributed by atoms with E-state index >= 15 is 0 Å². The van der Waals surface area contributed by atoms with Crippen molar-refractivity contribution in [3.63, 3.8) is 0 Å². The first-order valence-electron chi connectivity index (χ1n) is 9.56. The third-order valence-electron chi connectivity index (χ3n) is 5.82. The smallest absolute Gasteiger partial charge is 0.260 e. The summed E-state index contributed by atoms with van der Waals surface area (Å²) in [5, 5.41) is 0. The Kier molecular flexibility index (Phi) is 6.19. The zero-order valence-corrected chi connectivity index (χ0v) is 15.5. The molecule has 1 N–H and O–H groups in total. The number of amides is 1. The quantitative estimate of drug-likeness (QED) is 0.875. The first-order chi connectivity index (χ1) is 12.2. The van der Waals surface area contributed by atoms with Crippen LogP contribution in [0.2, 0.25) is 0 Å². The van der Waals surface area contributed by atoms with Gasteiger partial charge in [0.15, 0.2) is 6.61 Å². The maximum atomic E-state index is 12.4. The normalized spacial score (nSPS) is 24.8. The fourth-order valence-corrected chi connectivity index (χ4v) is 4.25. The Morgan fingerprint density at radius 3 is 2.40 bits per heavy atom. The lowest BCUT2D eigenvalue weighted by molar-refractivity contribution is -0.934. The molecule has 0 aromatic heterocycles. The zero-order chi connectivity index (χ0) is 17.6. The van der Waals surface area contributed by atoms with Gasteiger partial charge in [-0.15, -0.1) is 0 Å². The number of methoxy groups -OCH3 is 1. The molecule has 3 rings (SSSR count). The molecule has 1 aromatic carbocycles. The van der Waals surface area contributed by atoms with Crippen LogP contribution in [0.3, 0.4) is 0 Å². The van der Waals surface area contributed by atoms with E-state index in [9.17, 15) is 4.79 Å². The SMILES string of the molecule is COc1ccc(OCC(=O)N2CC[NH+]([C@@H]3CCCC[C@H]3C)CC2)cc1. The molecule has 1 amide bonds. The predicted octanol–water partition coefficient (Wildman–Crippen LogP) is 1.38. The lowest BCUT2D eigenvalue weighted by Crippen LogP contribution is -3.19. The zero-order valence-electron chi connectivity index (χ0n) is 15.5. The number of hydrogen-bond donors (Lipinski definition) is 1. The largest absolute Gasteiger partial charge is 0.497 e. The van der Waals surface area contributed by atoms with Crippen LogP contribution in [0.15, 0.2) is 24.3 Å². The summed E-state index contributed by atoms with van der Waals surface area (Å²) >= 11 is 0. The van der Waals surface area contributed by atoms with Gasteiger partial charge in [0, 0.05) is 5.92 Å². The van der Waals surface area contributed by atoms with Crippen LogP contribution >= 0.6 is 0 Å². The second-order valence-corrected chi connectivity index (χ2v) is 7.37. The first-order valence-corrected chi connectivity index (χ1v) is 9.56. The van der Waals surface area contributed by atoms with Gasteiger partial charge in [-0.25, -0.2) is 0 Å². The maximum Gasteiger partial charge on any atom is 0.260 e. The molecule has 1 aromatic rings. The van der Waals surface area contributed by atoms with Crippen LogP contribution in [-0.2, 0) is 4.79 Å². The van der Waals surface area contributed by atoms with Crippen molar-refractivity contribution in [1.29, 1.82) is 0 Å². The highest BCUT2D eigenvalue weighted by Crippen LogP contribution is 2.22. The van der Waals surface area contributed by atoms with Crippen LogP contribution < -0.4 is 14.4 Å². The van der Waals surface area contributed by atoms with Crippen molar-refractivity contribution in [3.8, 4) is 11.5 Å². The fraction of sp³-hybridized carbons (Fsp3) is 0.650. The molecule has 1 aliphatic heterocycles. The summed E-state index contributed by atoms with van der Waals surface area (Å²) in [5.41, 5.74) is 0. The maximum absolute atomic E-state index is 12.4. The van der Waals surface area contributed by atoms with E-state index in [0.29, 0.717) is 5.75 Å². The van der Waals surface area contributed by atoms with Gasteiger partial charge in [0.25, 0.3) is 5.91 Å². The summed E-state index contributed by atoms with van der Waals surface area (Å²) in [5.74, 6) is 2.40. The lowest BCUT2D eigenvalue weighted by atomic mass is 9.84. The number of quaternary nitrogens is 1. The molecule has 138 valence electrons. The van der Waals surface area contributed by atoms with E-state index in [1.165, 1.54) is 25.7 Å². The molecule has 0 unspecified atom stereocenters. The minimum Gasteiger partial charge on any atom is -0.497 e. The molecule has 25 heavy (non-hydrogen) atoms. The van der Waals surface area contributed by atoms with E-state index in [1.54, 1.807) is 12.0 Å². The number of nitrogens with one attached hydrogen (secondary N) is 1. The van der Waals surface area contributed by atoms with Crippen molar-refractivity contribution in [2.24, 2.45) is 5.92 Å². The third-order valence-corrected chi connectivity index (χ3v) is 5.82. The van der Waals surface area contributed by atoms with Crippen LogP contribution in [0.5, 0.6) is 11.5 Å². The van der Waals surface area contributed by atoms with Crippen LogP contribution in [0.25, 0.3) is 0 Å². The molecule has 5 nitrogen and oxygen atoms in total. The van der Waals surface area contributed by atoms with Crippen LogP contribution in [0.4, 0.5) is 0 Å². The van der Waals surface area contributed by atoms with Gasteiger partial charge < -0.3 is 19.3 Å². The standard InChI is InChI=1S/C20H30N2O3/c1-16-5-3-4-6-19(16)21-11-13-22(14-12-21)20(23)15-25-18-9-7-17(24-2)8-10-18/h7-10,16,19H,3-6,11-15H2,1-2H3/p+1/t16-,19-/m1/s1. The number of carbonyl (C=O) groups is 1. The Hall–Kier alpha value is -1.75. The molecule has 2 aliphatic rings. The van der Waals surface area contributed by atoms with Gasteiger partial charge >= 0.3 is 0 Å². The van der Waals surface area contributed by atoms with E-state index in [1.807, 2.05) is 29.2 Å². The average Bonchev–Trinajstić information content (AvgIpc) is 2.67. The minimum absolute atomic E-state index is 0.0894. The van der Waals surface area contributed by atoms with Crippen molar-refractivity contribution in [2.45, 2.75) is 38.6 Å². The lowest BCUT2D eigenvalue weighted by Gasteiger charge is -2.40. The van der Waals surface area contributed by atoms with Crippen molar-refractivity contribution in [2.75, 3.05) is 39.9 Å². The molecule has 2 atom stereocenters. The molecule has 0 bridgehead atoms. The van der Waals surface area contributed by atoms with Gasteiger partial charge in [-0.3, -0.25) is 4.79 Å². The molecule has 0 spiro atoms. The molecule has 1 saturated heterocycles. The summed E-state index contributed by atoms with van der Waals surface area (Å²) in [4.78, 5) is 16.1. The Morgan fingerprint density at radius 1 is 1.12 bits per heavy atom. The predicted molar refractivity (Wildman–Crippen MR) is 97.2 cm³/mol.